The van der Waals surface area contributed by atoms with E-state index in [-0.39, 0.29) is 23.5 Å². The predicted octanol–water partition coefficient (Wildman–Crippen LogP) is 2.02. The van der Waals surface area contributed by atoms with Gasteiger partial charge in [0.05, 0.1) is 25.3 Å². The number of benzene rings is 1. The number of ether oxygens (including phenoxy) is 1. The monoisotopic (exact) mass is 394 g/mol. The molecule has 4 rings (SSSR count). The van der Waals surface area contributed by atoms with Crippen molar-refractivity contribution in [3.8, 4) is 0 Å². The first-order chi connectivity index (χ1) is 14.1. The average molecular weight is 395 g/mol. The fourth-order valence-corrected chi connectivity index (χ4v) is 4.87. The van der Waals surface area contributed by atoms with E-state index in [1.807, 2.05) is 37.3 Å². The van der Waals surface area contributed by atoms with Crippen molar-refractivity contribution in [1.82, 2.24) is 20.5 Å². The van der Waals surface area contributed by atoms with Crippen molar-refractivity contribution in [2.45, 2.75) is 37.0 Å². The summed E-state index contributed by atoms with van der Waals surface area (Å²) in [7, 11) is 3.82. The van der Waals surface area contributed by atoms with Crippen molar-refractivity contribution >= 4 is 5.91 Å². The van der Waals surface area contributed by atoms with E-state index in [1.165, 1.54) is 11.1 Å². The molecule has 0 saturated carbocycles. The molecule has 29 heavy (non-hydrogen) atoms. The number of hydrogen-bond acceptors (Lipinski definition) is 5. The van der Waals surface area contributed by atoms with Gasteiger partial charge in [-0.3, -0.25) is 9.78 Å². The Kier molecular flexibility index (Phi) is 5.94. The Hall–Kier alpha value is -2.28. The summed E-state index contributed by atoms with van der Waals surface area (Å²) < 4.78 is 6.59. The summed E-state index contributed by atoms with van der Waals surface area (Å²) in [6.07, 6.45) is 5.52. The second-order valence-corrected chi connectivity index (χ2v) is 8.37. The van der Waals surface area contributed by atoms with Crippen LogP contribution in [0.1, 0.15) is 35.6 Å². The van der Waals surface area contributed by atoms with Crippen LogP contribution in [0.25, 0.3) is 0 Å². The maximum atomic E-state index is 12.7. The molecule has 2 atom stereocenters. The third-order valence-corrected chi connectivity index (χ3v) is 6.10. The number of hydrogen-bond donors (Lipinski definition) is 2. The van der Waals surface area contributed by atoms with E-state index in [1.54, 1.807) is 6.20 Å². The van der Waals surface area contributed by atoms with E-state index in [0.717, 1.165) is 31.5 Å². The molecule has 1 aromatic heterocycles. The van der Waals surface area contributed by atoms with E-state index in [2.05, 4.69) is 39.9 Å². The number of piperidine rings is 1. The molecule has 0 bridgehead atoms. The maximum Gasteiger partial charge on any atom is 0.234 e. The summed E-state index contributed by atoms with van der Waals surface area (Å²) in [5.41, 5.74) is 3.48. The fraction of sp³-hybridized carbons (Fsp3) is 0.478. The third-order valence-electron chi connectivity index (χ3n) is 6.10. The van der Waals surface area contributed by atoms with Crippen LogP contribution in [0.4, 0.5) is 0 Å². The minimum Gasteiger partial charge on any atom is -0.370 e. The van der Waals surface area contributed by atoms with Gasteiger partial charge in [0.2, 0.25) is 5.91 Å². The van der Waals surface area contributed by atoms with Crippen LogP contribution in [-0.2, 0) is 21.6 Å². The van der Waals surface area contributed by atoms with E-state index >= 15 is 0 Å². The number of rotatable bonds is 6. The molecule has 1 aromatic carbocycles. The number of amides is 1. The highest BCUT2D eigenvalue weighted by Gasteiger charge is 2.53. The topological polar surface area (TPSA) is 66.5 Å². The molecule has 1 amide bonds. The van der Waals surface area contributed by atoms with Gasteiger partial charge in [0.25, 0.3) is 0 Å². The molecule has 1 saturated heterocycles. The Morgan fingerprint density at radius 3 is 2.76 bits per heavy atom. The van der Waals surface area contributed by atoms with Gasteiger partial charge < -0.3 is 20.3 Å². The number of nitrogens with zero attached hydrogens (tertiary/aromatic N) is 2. The SMILES string of the molecule is CN(C)CC(=O)N[C@@H]1c2ccccc2C2(CCNCC2)[C@H]1OCc1cccnc1. The van der Waals surface area contributed by atoms with E-state index in [0.29, 0.717) is 13.2 Å². The van der Waals surface area contributed by atoms with Crippen molar-refractivity contribution < 1.29 is 9.53 Å². The first-order valence-electron chi connectivity index (χ1n) is 10.3. The number of nitrogens with one attached hydrogen (secondary N) is 2. The van der Waals surface area contributed by atoms with Crippen molar-refractivity contribution in [2.75, 3.05) is 33.7 Å². The summed E-state index contributed by atoms with van der Waals surface area (Å²) in [5, 5.41) is 6.77. The second-order valence-electron chi connectivity index (χ2n) is 8.37. The zero-order chi connectivity index (χ0) is 20.3. The lowest BCUT2D eigenvalue weighted by atomic mass is 9.72. The van der Waals surface area contributed by atoms with Gasteiger partial charge in [0.1, 0.15) is 0 Å². The summed E-state index contributed by atoms with van der Waals surface area (Å²) in [5.74, 6) is 0.0239. The highest BCUT2D eigenvalue weighted by atomic mass is 16.5. The number of carbonyl (C=O) groups is 1. The number of pyridine rings is 1. The Bertz CT molecular complexity index is 834. The van der Waals surface area contributed by atoms with Gasteiger partial charge in [-0.05, 0) is 62.8 Å². The van der Waals surface area contributed by atoms with Crippen LogP contribution >= 0.6 is 0 Å². The summed E-state index contributed by atoms with van der Waals surface area (Å²) >= 11 is 0. The molecule has 1 spiro atoms. The first-order valence-corrected chi connectivity index (χ1v) is 10.3. The highest BCUT2D eigenvalue weighted by molar-refractivity contribution is 5.79. The van der Waals surface area contributed by atoms with Crippen molar-refractivity contribution in [1.29, 1.82) is 0 Å². The molecule has 6 nitrogen and oxygen atoms in total. The smallest absolute Gasteiger partial charge is 0.234 e. The predicted molar refractivity (Wildman–Crippen MR) is 112 cm³/mol. The molecule has 1 aliphatic heterocycles. The minimum absolute atomic E-state index is 0.0239. The van der Waals surface area contributed by atoms with Crippen LogP contribution in [0.2, 0.25) is 0 Å². The molecule has 2 heterocycles. The van der Waals surface area contributed by atoms with Crippen LogP contribution < -0.4 is 10.6 Å². The average Bonchev–Trinajstić information content (AvgIpc) is 2.96. The molecule has 154 valence electrons. The van der Waals surface area contributed by atoms with Gasteiger partial charge >= 0.3 is 0 Å². The second kappa shape index (κ2) is 8.61. The molecule has 0 unspecified atom stereocenters. The summed E-state index contributed by atoms with van der Waals surface area (Å²) in [6, 6.07) is 12.3. The van der Waals surface area contributed by atoms with Crippen LogP contribution in [0, 0.1) is 0 Å². The van der Waals surface area contributed by atoms with Crippen LogP contribution in [0.3, 0.4) is 0 Å². The highest BCUT2D eigenvalue weighted by Crippen LogP contribution is 2.51. The van der Waals surface area contributed by atoms with Gasteiger partial charge in [-0.15, -0.1) is 0 Å². The number of fused-ring (bicyclic) bond motifs is 2. The lowest BCUT2D eigenvalue weighted by Crippen LogP contribution is -2.50. The van der Waals surface area contributed by atoms with E-state index < -0.39 is 0 Å². The third kappa shape index (κ3) is 4.06. The lowest BCUT2D eigenvalue weighted by Gasteiger charge is -2.41. The standard InChI is InChI=1S/C23H30N4O2/c1-27(2)15-20(28)26-21-18-7-3-4-8-19(18)23(9-12-24-13-10-23)22(21)29-16-17-6-5-11-25-14-17/h3-8,11,14,21-22,24H,9-10,12-13,15-16H2,1-2H3,(H,26,28)/t21-,22+/m1/s1. The van der Waals surface area contributed by atoms with Gasteiger partial charge in [-0.25, -0.2) is 0 Å². The van der Waals surface area contributed by atoms with Crippen molar-refractivity contribution in [2.24, 2.45) is 0 Å². The van der Waals surface area contributed by atoms with Gasteiger partial charge in [0.15, 0.2) is 0 Å². The zero-order valence-corrected chi connectivity index (χ0v) is 17.2. The Labute approximate surface area is 172 Å². The number of likely N-dealkylation sites (N-methyl/N-ethyl adjacent to an activating group) is 1. The molecule has 1 aliphatic carbocycles. The quantitative estimate of drug-likeness (QED) is 0.785. The van der Waals surface area contributed by atoms with Gasteiger partial charge in [0, 0.05) is 17.8 Å². The van der Waals surface area contributed by atoms with Gasteiger partial charge in [-0.2, -0.15) is 0 Å². The van der Waals surface area contributed by atoms with Gasteiger partial charge in [-0.1, -0.05) is 30.3 Å². The maximum absolute atomic E-state index is 12.7. The molecule has 2 N–H and O–H groups in total. The molecule has 2 aromatic rings. The van der Waals surface area contributed by atoms with E-state index in [4.69, 9.17) is 4.74 Å². The van der Waals surface area contributed by atoms with Crippen LogP contribution in [0.5, 0.6) is 0 Å². The normalized spacial score (nSPS) is 22.6. The lowest BCUT2D eigenvalue weighted by molar-refractivity contribution is -0.124. The number of carbonyl (C=O) groups excluding carboxylic acids is 1. The molecular weight excluding hydrogens is 364 g/mol. The Balaban J connectivity index is 1.66. The van der Waals surface area contributed by atoms with E-state index in [9.17, 15) is 4.79 Å². The molecule has 2 aliphatic rings. The Morgan fingerprint density at radius 1 is 1.24 bits per heavy atom. The molecule has 6 heteroatoms. The molecule has 0 radical (unpaired) electrons. The largest absolute Gasteiger partial charge is 0.370 e. The summed E-state index contributed by atoms with van der Waals surface area (Å²) in [4.78, 5) is 18.8. The van der Waals surface area contributed by atoms with Crippen LogP contribution in [-0.4, -0.2) is 55.6 Å². The molecule has 1 fully saturated rings. The first kappa shape index (κ1) is 20.0. The number of aromatic nitrogens is 1. The Morgan fingerprint density at radius 2 is 2.03 bits per heavy atom. The van der Waals surface area contributed by atoms with Crippen molar-refractivity contribution in [3.63, 3.8) is 0 Å². The minimum atomic E-state index is -0.145. The zero-order valence-electron chi connectivity index (χ0n) is 17.2. The summed E-state index contributed by atoms with van der Waals surface area (Å²) in [6.45, 7) is 2.77. The van der Waals surface area contributed by atoms with Crippen LogP contribution in [0.15, 0.2) is 48.8 Å². The molecular formula is C23H30N4O2. The van der Waals surface area contributed by atoms with Crippen molar-refractivity contribution in [3.05, 3.63) is 65.5 Å². The fourth-order valence-electron chi connectivity index (χ4n) is 4.87.